The molecule has 0 aromatic rings. The molecular formula is C8H18N2. The van der Waals surface area contributed by atoms with Gasteiger partial charge in [0.1, 0.15) is 0 Å². The maximum atomic E-state index is 5.90. The van der Waals surface area contributed by atoms with Crippen molar-refractivity contribution in [1.82, 2.24) is 4.90 Å². The Morgan fingerprint density at radius 2 is 2.30 bits per heavy atom. The van der Waals surface area contributed by atoms with Crippen LogP contribution in [0, 0.1) is 5.92 Å². The molecule has 0 aromatic heterocycles. The molecule has 2 atom stereocenters. The molecule has 2 nitrogen and oxygen atoms in total. The summed E-state index contributed by atoms with van der Waals surface area (Å²) in [6.07, 6.45) is 1.27. The molecule has 2 N–H and O–H groups in total. The van der Waals surface area contributed by atoms with Crippen LogP contribution in [0.5, 0.6) is 0 Å². The molecule has 0 aliphatic carbocycles. The van der Waals surface area contributed by atoms with Crippen molar-refractivity contribution >= 4 is 0 Å². The second-order valence-corrected chi connectivity index (χ2v) is 3.32. The molecule has 60 valence electrons. The lowest BCUT2D eigenvalue weighted by Crippen LogP contribution is -2.47. The van der Waals surface area contributed by atoms with E-state index < -0.39 is 0 Å². The first-order valence-electron chi connectivity index (χ1n) is 4.22. The summed E-state index contributed by atoms with van der Waals surface area (Å²) in [5.74, 6) is 0.725. The number of likely N-dealkylation sites (N-methyl/N-ethyl adjacent to an activating group) is 1. The molecule has 1 aliphatic rings. The molecule has 1 heterocycles. The summed E-state index contributed by atoms with van der Waals surface area (Å²) >= 11 is 0. The molecule has 0 aromatic carbocycles. The van der Waals surface area contributed by atoms with E-state index in [0.29, 0.717) is 6.04 Å². The van der Waals surface area contributed by atoms with Gasteiger partial charge in [0, 0.05) is 12.6 Å². The standard InChI is InChI=1S/C8H18N2/c1-3-10-5-4-7(2)8(9)6-10/h7-8H,3-6,9H2,1-2H3/t7?,8-/m1/s1. The summed E-state index contributed by atoms with van der Waals surface area (Å²) in [4.78, 5) is 2.42. The van der Waals surface area contributed by atoms with E-state index in [1.807, 2.05) is 0 Å². The first kappa shape index (κ1) is 8.02. The topological polar surface area (TPSA) is 29.3 Å². The summed E-state index contributed by atoms with van der Waals surface area (Å²) < 4.78 is 0. The lowest BCUT2D eigenvalue weighted by atomic mass is 9.94. The third kappa shape index (κ3) is 1.70. The highest BCUT2D eigenvalue weighted by Crippen LogP contribution is 2.14. The highest BCUT2D eigenvalue weighted by molar-refractivity contribution is 4.79. The van der Waals surface area contributed by atoms with E-state index in [1.54, 1.807) is 0 Å². The van der Waals surface area contributed by atoms with E-state index in [2.05, 4.69) is 18.7 Å². The van der Waals surface area contributed by atoms with Crippen molar-refractivity contribution in [2.45, 2.75) is 26.3 Å². The minimum absolute atomic E-state index is 0.411. The monoisotopic (exact) mass is 142 g/mol. The van der Waals surface area contributed by atoms with Crippen LogP contribution in [0.2, 0.25) is 0 Å². The Bertz CT molecular complexity index is 103. The Kier molecular flexibility index (Phi) is 2.69. The Morgan fingerprint density at radius 1 is 1.60 bits per heavy atom. The van der Waals surface area contributed by atoms with Gasteiger partial charge in [-0.25, -0.2) is 0 Å². The van der Waals surface area contributed by atoms with Gasteiger partial charge in [0.2, 0.25) is 0 Å². The van der Waals surface area contributed by atoms with Crippen LogP contribution in [0.25, 0.3) is 0 Å². The van der Waals surface area contributed by atoms with Gasteiger partial charge < -0.3 is 10.6 Å². The van der Waals surface area contributed by atoms with Crippen molar-refractivity contribution in [3.63, 3.8) is 0 Å². The van der Waals surface area contributed by atoms with Crippen molar-refractivity contribution in [1.29, 1.82) is 0 Å². The average molecular weight is 142 g/mol. The van der Waals surface area contributed by atoms with E-state index in [-0.39, 0.29) is 0 Å². The summed E-state index contributed by atoms with van der Waals surface area (Å²) in [5, 5.41) is 0. The van der Waals surface area contributed by atoms with Gasteiger partial charge >= 0.3 is 0 Å². The largest absolute Gasteiger partial charge is 0.326 e. The lowest BCUT2D eigenvalue weighted by Gasteiger charge is -2.34. The highest BCUT2D eigenvalue weighted by atomic mass is 15.1. The predicted molar refractivity (Wildman–Crippen MR) is 43.9 cm³/mol. The lowest BCUT2D eigenvalue weighted by molar-refractivity contribution is 0.176. The summed E-state index contributed by atoms with van der Waals surface area (Å²) in [5.41, 5.74) is 5.90. The molecule has 1 aliphatic heterocycles. The number of likely N-dealkylation sites (tertiary alicyclic amines) is 1. The zero-order valence-corrected chi connectivity index (χ0v) is 7.01. The number of hydrogen-bond donors (Lipinski definition) is 1. The van der Waals surface area contributed by atoms with E-state index in [1.165, 1.54) is 13.0 Å². The minimum Gasteiger partial charge on any atom is -0.326 e. The van der Waals surface area contributed by atoms with Crippen LogP contribution in [0.15, 0.2) is 0 Å². The molecule has 1 rings (SSSR count). The van der Waals surface area contributed by atoms with Crippen LogP contribution < -0.4 is 5.73 Å². The summed E-state index contributed by atoms with van der Waals surface area (Å²) in [6, 6.07) is 0.411. The maximum absolute atomic E-state index is 5.90. The maximum Gasteiger partial charge on any atom is 0.0194 e. The van der Waals surface area contributed by atoms with Crippen LogP contribution in [-0.4, -0.2) is 30.6 Å². The normalized spacial score (nSPS) is 36.3. The Balaban J connectivity index is 2.33. The van der Waals surface area contributed by atoms with Crippen molar-refractivity contribution in [2.24, 2.45) is 11.7 Å². The summed E-state index contributed by atoms with van der Waals surface area (Å²) in [7, 11) is 0. The van der Waals surface area contributed by atoms with E-state index in [9.17, 15) is 0 Å². The molecule has 0 spiro atoms. The van der Waals surface area contributed by atoms with Crippen molar-refractivity contribution in [3.05, 3.63) is 0 Å². The second kappa shape index (κ2) is 3.35. The third-order valence-electron chi connectivity index (χ3n) is 2.55. The van der Waals surface area contributed by atoms with E-state index in [4.69, 9.17) is 5.73 Å². The molecule has 10 heavy (non-hydrogen) atoms. The predicted octanol–water partition coefficient (Wildman–Crippen LogP) is 0.675. The van der Waals surface area contributed by atoms with Crippen molar-refractivity contribution < 1.29 is 0 Å². The van der Waals surface area contributed by atoms with E-state index >= 15 is 0 Å². The molecule has 0 amide bonds. The molecule has 1 fully saturated rings. The van der Waals surface area contributed by atoms with Crippen LogP contribution in [-0.2, 0) is 0 Å². The zero-order valence-electron chi connectivity index (χ0n) is 7.01. The van der Waals surface area contributed by atoms with Crippen LogP contribution in [0.4, 0.5) is 0 Å². The SMILES string of the molecule is CCN1CCC(C)[C@H](N)C1. The Hall–Kier alpha value is -0.0800. The molecule has 0 bridgehead atoms. The van der Waals surface area contributed by atoms with Gasteiger partial charge in [0.15, 0.2) is 0 Å². The van der Waals surface area contributed by atoms with Gasteiger partial charge in [-0.05, 0) is 25.4 Å². The summed E-state index contributed by atoms with van der Waals surface area (Å²) in [6.45, 7) is 7.93. The van der Waals surface area contributed by atoms with Gasteiger partial charge in [-0.1, -0.05) is 13.8 Å². The van der Waals surface area contributed by atoms with Gasteiger partial charge in [0.25, 0.3) is 0 Å². The van der Waals surface area contributed by atoms with Crippen LogP contribution in [0.3, 0.4) is 0 Å². The average Bonchev–Trinajstić information content (AvgIpc) is 1.95. The van der Waals surface area contributed by atoms with Crippen LogP contribution >= 0.6 is 0 Å². The molecule has 0 radical (unpaired) electrons. The number of piperidine rings is 1. The van der Waals surface area contributed by atoms with E-state index in [0.717, 1.165) is 19.0 Å². The van der Waals surface area contributed by atoms with Gasteiger partial charge in [-0.15, -0.1) is 0 Å². The zero-order chi connectivity index (χ0) is 7.56. The number of rotatable bonds is 1. The molecule has 2 heteroatoms. The first-order valence-corrected chi connectivity index (χ1v) is 4.22. The fourth-order valence-corrected chi connectivity index (χ4v) is 1.46. The second-order valence-electron chi connectivity index (χ2n) is 3.32. The molecular weight excluding hydrogens is 124 g/mol. The van der Waals surface area contributed by atoms with Crippen molar-refractivity contribution in [2.75, 3.05) is 19.6 Å². The third-order valence-corrected chi connectivity index (χ3v) is 2.55. The molecule has 1 unspecified atom stereocenters. The number of hydrogen-bond acceptors (Lipinski definition) is 2. The van der Waals surface area contributed by atoms with Gasteiger partial charge in [0.05, 0.1) is 0 Å². The number of nitrogens with two attached hydrogens (primary N) is 1. The van der Waals surface area contributed by atoms with Crippen LogP contribution in [0.1, 0.15) is 20.3 Å². The smallest absolute Gasteiger partial charge is 0.0194 e. The fraction of sp³-hybridized carbons (Fsp3) is 1.00. The molecule has 0 saturated carbocycles. The minimum atomic E-state index is 0.411. The Morgan fingerprint density at radius 3 is 2.80 bits per heavy atom. The Labute approximate surface area is 63.4 Å². The number of nitrogens with zero attached hydrogens (tertiary/aromatic N) is 1. The first-order chi connectivity index (χ1) is 4.74. The van der Waals surface area contributed by atoms with Gasteiger partial charge in [-0.3, -0.25) is 0 Å². The fourth-order valence-electron chi connectivity index (χ4n) is 1.46. The van der Waals surface area contributed by atoms with Crippen molar-refractivity contribution in [3.8, 4) is 0 Å². The van der Waals surface area contributed by atoms with Gasteiger partial charge in [-0.2, -0.15) is 0 Å². The quantitative estimate of drug-likeness (QED) is 0.583. The highest BCUT2D eigenvalue weighted by Gasteiger charge is 2.21. The molecule has 1 saturated heterocycles.